The molecule has 112 valence electrons. The number of nitrogens with one attached hydrogen (secondary N) is 1. The van der Waals surface area contributed by atoms with E-state index in [4.69, 9.17) is 11.6 Å². The number of nitrogens with zero attached hydrogens (tertiary/aromatic N) is 2. The first-order chi connectivity index (χ1) is 10.1. The normalized spacial score (nSPS) is 10.9. The zero-order valence-corrected chi connectivity index (χ0v) is 13.0. The highest BCUT2D eigenvalue weighted by molar-refractivity contribution is 6.31. The van der Waals surface area contributed by atoms with Gasteiger partial charge < -0.3 is 5.32 Å². The van der Waals surface area contributed by atoms with Gasteiger partial charge in [0, 0.05) is 19.6 Å². The Morgan fingerprint density at radius 1 is 1.14 bits per heavy atom. The van der Waals surface area contributed by atoms with Crippen LogP contribution in [0.3, 0.4) is 0 Å². The molecule has 0 unspecified atom stereocenters. The summed E-state index contributed by atoms with van der Waals surface area (Å²) >= 11 is 6.20. The molecule has 0 amide bonds. The van der Waals surface area contributed by atoms with Crippen molar-refractivity contribution in [1.29, 1.82) is 0 Å². The van der Waals surface area contributed by atoms with Crippen LogP contribution < -0.4 is 5.32 Å². The maximum Gasteiger partial charge on any atom is 0.126 e. The Balaban J connectivity index is 2.03. The lowest BCUT2D eigenvalue weighted by molar-refractivity contribution is 0.315. The van der Waals surface area contributed by atoms with Gasteiger partial charge in [0.2, 0.25) is 0 Å². The van der Waals surface area contributed by atoms with Crippen molar-refractivity contribution in [1.82, 2.24) is 9.88 Å². The highest BCUT2D eigenvalue weighted by Crippen LogP contribution is 2.19. The van der Waals surface area contributed by atoms with Gasteiger partial charge in [-0.3, -0.25) is 4.90 Å². The highest BCUT2D eigenvalue weighted by Gasteiger charge is 2.08. The van der Waals surface area contributed by atoms with Crippen molar-refractivity contribution < 1.29 is 4.39 Å². The molecule has 3 nitrogen and oxygen atoms in total. The number of anilines is 1. The van der Waals surface area contributed by atoms with E-state index in [1.54, 1.807) is 12.1 Å². The van der Waals surface area contributed by atoms with E-state index in [2.05, 4.69) is 15.2 Å². The SMILES string of the molecule is CCNc1ccc(Cl)c(CN(C)Cc2ccc(F)cc2)n1. The van der Waals surface area contributed by atoms with Crippen molar-refractivity contribution >= 4 is 17.4 Å². The zero-order chi connectivity index (χ0) is 15.2. The van der Waals surface area contributed by atoms with Crippen molar-refractivity contribution in [3.05, 3.63) is 58.5 Å². The lowest BCUT2D eigenvalue weighted by Crippen LogP contribution is -2.18. The molecule has 0 radical (unpaired) electrons. The molecule has 21 heavy (non-hydrogen) atoms. The first-order valence-corrected chi connectivity index (χ1v) is 7.28. The quantitative estimate of drug-likeness (QED) is 0.876. The largest absolute Gasteiger partial charge is 0.370 e. The second-order valence-corrected chi connectivity index (χ2v) is 5.36. The van der Waals surface area contributed by atoms with Crippen molar-refractivity contribution in [3.8, 4) is 0 Å². The summed E-state index contributed by atoms with van der Waals surface area (Å²) in [5, 5.41) is 3.83. The molecular weight excluding hydrogens is 289 g/mol. The monoisotopic (exact) mass is 307 g/mol. The minimum absolute atomic E-state index is 0.218. The van der Waals surface area contributed by atoms with Gasteiger partial charge in [-0.15, -0.1) is 0 Å². The number of halogens is 2. The molecule has 2 aromatic rings. The molecule has 0 saturated heterocycles. The second-order valence-electron chi connectivity index (χ2n) is 4.95. The fraction of sp³-hybridized carbons (Fsp3) is 0.312. The molecule has 1 aromatic heterocycles. The van der Waals surface area contributed by atoms with Crippen LogP contribution in [0.2, 0.25) is 5.02 Å². The molecule has 1 N–H and O–H groups in total. The topological polar surface area (TPSA) is 28.2 Å². The molecule has 0 spiro atoms. The average Bonchev–Trinajstić information content (AvgIpc) is 2.45. The van der Waals surface area contributed by atoms with E-state index in [1.807, 2.05) is 26.1 Å². The van der Waals surface area contributed by atoms with Gasteiger partial charge in [-0.2, -0.15) is 0 Å². The van der Waals surface area contributed by atoms with E-state index >= 15 is 0 Å². The standard InChI is InChI=1S/C16H19ClFN3/c1-3-19-16-9-8-14(17)15(20-16)11-21(2)10-12-4-6-13(18)7-5-12/h4-9H,3,10-11H2,1-2H3,(H,19,20). The van der Waals surface area contributed by atoms with Gasteiger partial charge in [0.15, 0.2) is 0 Å². The minimum atomic E-state index is -0.218. The molecule has 2 rings (SSSR count). The Labute approximate surface area is 129 Å². The Morgan fingerprint density at radius 2 is 1.86 bits per heavy atom. The Morgan fingerprint density at radius 3 is 2.52 bits per heavy atom. The van der Waals surface area contributed by atoms with Crippen LogP contribution in [0.1, 0.15) is 18.2 Å². The van der Waals surface area contributed by atoms with Crippen LogP contribution in [0.4, 0.5) is 10.2 Å². The van der Waals surface area contributed by atoms with Crippen LogP contribution >= 0.6 is 11.6 Å². The number of aromatic nitrogens is 1. The van der Waals surface area contributed by atoms with E-state index in [0.29, 0.717) is 18.1 Å². The van der Waals surface area contributed by atoms with Crippen molar-refractivity contribution in [3.63, 3.8) is 0 Å². The number of benzene rings is 1. The molecule has 0 bridgehead atoms. The summed E-state index contributed by atoms with van der Waals surface area (Å²) in [7, 11) is 1.99. The Kier molecular flexibility index (Phi) is 5.53. The number of rotatable bonds is 6. The average molecular weight is 308 g/mol. The van der Waals surface area contributed by atoms with Gasteiger partial charge in [-0.05, 0) is 43.8 Å². The number of hydrogen-bond donors (Lipinski definition) is 1. The number of pyridine rings is 1. The van der Waals surface area contributed by atoms with Crippen LogP contribution in [-0.4, -0.2) is 23.5 Å². The lowest BCUT2D eigenvalue weighted by atomic mass is 10.2. The molecule has 0 saturated carbocycles. The van der Waals surface area contributed by atoms with Crippen LogP contribution in [-0.2, 0) is 13.1 Å². The third-order valence-corrected chi connectivity index (χ3v) is 3.41. The summed E-state index contributed by atoms with van der Waals surface area (Å²) in [6.07, 6.45) is 0. The molecule has 0 aliphatic rings. The fourth-order valence-electron chi connectivity index (χ4n) is 2.09. The summed E-state index contributed by atoms with van der Waals surface area (Å²) in [6, 6.07) is 10.2. The molecule has 0 aliphatic carbocycles. The molecule has 0 aliphatic heterocycles. The summed E-state index contributed by atoms with van der Waals surface area (Å²) in [6.45, 7) is 4.19. The van der Waals surface area contributed by atoms with E-state index in [9.17, 15) is 4.39 Å². The zero-order valence-electron chi connectivity index (χ0n) is 12.2. The predicted octanol–water partition coefficient (Wildman–Crippen LogP) is 3.94. The van der Waals surface area contributed by atoms with Gasteiger partial charge in [-0.1, -0.05) is 23.7 Å². The lowest BCUT2D eigenvalue weighted by Gasteiger charge is -2.17. The van der Waals surface area contributed by atoms with E-state index in [0.717, 1.165) is 23.6 Å². The molecule has 1 aromatic carbocycles. The van der Waals surface area contributed by atoms with Crippen molar-refractivity contribution in [2.75, 3.05) is 18.9 Å². The smallest absolute Gasteiger partial charge is 0.126 e. The van der Waals surface area contributed by atoms with Crippen LogP contribution in [0, 0.1) is 5.82 Å². The Bertz CT molecular complexity index is 587. The van der Waals surface area contributed by atoms with Gasteiger partial charge >= 0.3 is 0 Å². The van der Waals surface area contributed by atoms with Crippen LogP contribution in [0.25, 0.3) is 0 Å². The second kappa shape index (κ2) is 7.38. The molecular formula is C16H19ClFN3. The maximum atomic E-state index is 12.9. The first-order valence-electron chi connectivity index (χ1n) is 6.90. The Hall–Kier alpha value is -1.65. The highest BCUT2D eigenvalue weighted by atomic mass is 35.5. The van der Waals surface area contributed by atoms with Crippen LogP contribution in [0.15, 0.2) is 36.4 Å². The van der Waals surface area contributed by atoms with Crippen molar-refractivity contribution in [2.45, 2.75) is 20.0 Å². The number of hydrogen-bond acceptors (Lipinski definition) is 3. The first kappa shape index (κ1) is 15.7. The van der Waals surface area contributed by atoms with Gasteiger partial charge in [0.1, 0.15) is 11.6 Å². The summed E-state index contributed by atoms with van der Waals surface area (Å²) in [5.41, 5.74) is 1.89. The third kappa shape index (κ3) is 4.69. The van der Waals surface area contributed by atoms with Crippen LogP contribution in [0.5, 0.6) is 0 Å². The summed E-state index contributed by atoms with van der Waals surface area (Å²) in [4.78, 5) is 6.61. The predicted molar refractivity (Wildman–Crippen MR) is 85.0 cm³/mol. The minimum Gasteiger partial charge on any atom is -0.370 e. The summed E-state index contributed by atoms with van der Waals surface area (Å²) in [5.74, 6) is 0.608. The van der Waals surface area contributed by atoms with E-state index < -0.39 is 0 Å². The van der Waals surface area contributed by atoms with Gasteiger partial charge in [-0.25, -0.2) is 9.37 Å². The fourth-order valence-corrected chi connectivity index (χ4v) is 2.25. The van der Waals surface area contributed by atoms with E-state index in [-0.39, 0.29) is 5.82 Å². The third-order valence-electron chi connectivity index (χ3n) is 3.06. The molecule has 0 fully saturated rings. The summed E-state index contributed by atoms with van der Waals surface area (Å²) < 4.78 is 12.9. The molecule has 1 heterocycles. The molecule has 5 heteroatoms. The van der Waals surface area contributed by atoms with Gasteiger partial charge in [0.25, 0.3) is 0 Å². The molecule has 0 atom stereocenters. The van der Waals surface area contributed by atoms with E-state index in [1.165, 1.54) is 12.1 Å². The van der Waals surface area contributed by atoms with Crippen molar-refractivity contribution in [2.24, 2.45) is 0 Å². The van der Waals surface area contributed by atoms with Gasteiger partial charge in [0.05, 0.1) is 10.7 Å². The maximum absolute atomic E-state index is 12.9.